The molecule has 0 aliphatic carbocycles. The third-order valence-electron chi connectivity index (χ3n) is 4.36. The van der Waals surface area contributed by atoms with E-state index < -0.39 is 0 Å². The largest absolute Gasteiger partial charge is 0.379 e. The summed E-state index contributed by atoms with van der Waals surface area (Å²) in [5.41, 5.74) is 1.10. The van der Waals surface area contributed by atoms with Crippen molar-refractivity contribution in [3.63, 3.8) is 0 Å². The molecule has 1 atom stereocenters. The highest BCUT2D eigenvalue weighted by molar-refractivity contribution is 7.18. The number of fused-ring (bicyclic) bond motifs is 1. The number of guanidine groups is 1. The molecule has 2 aromatic rings. The van der Waals surface area contributed by atoms with Crippen LogP contribution in [0.1, 0.15) is 31.2 Å². The molecule has 2 heterocycles. The SMILES string of the molecule is CCNC(=NCCCc1nc2ccccc2s1)NCCCOC1CCOC1. The highest BCUT2D eigenvalue weighted by Crippen LogP contribution is 2.22. The van der Waals surface area contributed by atoms with Gasteiger partial charge in [-0.25, -0.2) is 4.98 Å². The summed E-state index contributed by atoms with van der Waals surface area (Å²) >= 11 is 1.78. The Kier molecular flexibility index (Phi) is 8.32. The predicted octanol–water partition coefficient (Wildman–Crippen LogP) is 2.98. The number of aryl methyl sites for hydroxylation is 1. The predicted molar refractivity (Wildman–Crippen MR) is 112 cm³/mol. The second-order valence-electron chi connectivity index (χ2n) is 6.58. The van der Waals surface area contributed by atoms with Crippen LogP contribution in [0.5, 0.6) is 0 Å². The maximum absolute atomic E-state index is 5.79. The Hall–Kier alpha value is -1.70. The maximum Gasteiger partial charge on any atom is 0.191 e. The lowest BCUT2D eigenvalue weighted by molar-refractivity contribution is 0.0420. The van der Waals surface area contributed by atoms with Crippen LogP contribution in [0.15, 0.2) is 29.3 Å². The first-order valence-electron chi connectivity index (χ1n) is 9.91. The number of aromatic nitrogens is 1. The quantitative estimate of drug-likeness (QED) is 0.371. The Morgan fingerprint density at radius 3 is 3.07 bits per heavy atom. The lowest BCUT2D eigenvalue weighted by Crippen LogP contribution is -2.38. The van der Waals surface area contributed by atoms with Gasteiger partial charge in [0.2, 0.25) is 0 Å². The Balaban J connectivity index is 1.33. The Labute approximate surface area is 165 Å². The summed E-state index contributed by atoms with van der Waals surface area (Å²) < 4.78 is 12.4. The number of nitrogens with one attached hydrogen (secondary N) is 2. The number of rotatable bonds is 10. The molecule has 0 amide bonds. The van der Waals surface area contributed by atoms with Crippen LogP contribution in [0.2, 0.25) is 0 Å². The first-order chi connectivity index (χ1) is 13.3. The minimum absolute atomic E-state index is 0.286. The van der Waals surface area contributed by atoms with E-state index in [0.717, 1.165) is 76.6 Å². The van der Waals surface area contributed by atoms with E-state index in [1.807, 2.05) is 6.07 Å². The van der Waals surface area contributed by atoms with Crippen LogP contribution in [-0.2, 0) is 15.9 Å². The number of hydrogen-bond acceptors (Lipinski definition) is 5. The molecule has 7 heteroatoms. The van der Waals surface area contributed by atoms with Crippen molar-refractivity contribution in [3.8, 4) is 0 Å². The summed E-state index contributed by atoms with van der Waals surface area (Å²) in [6.07, 6.45) is 4.24. The molecule has 2 N–H and O–H groups in total. The van der Waals surface area contributed by atoms with Gasteiger partial charge in [-0.1, -0.05) is 12.1 Å². The van der Waals surface area contributed by atoms with Crippen LogP contribution in [0.25, 0.3) is 10.2 Å². The Bertz CT molecular complexity index is 680. The van der Waals surface area contributed by atoms with Crippen LogP contribution < -0.4 is 10.6 Å². The van der Waals surface area contributed by atoms with E-state index in [9.17, 15) is 0 Å². The molecule has 3 rings (SSSR count). The molecule has 1 aromatic carbocycles. The number of nitrogens with zero attached hydrogens (tertiary/aromatic N) is 2. The van der Waals surface area contributed by atoms with E-state index in [4.69, 9.17) is 9.47 Å². The minimum Gasteiger partial charge on any atom is -0.379 e. The van der Waals surface area contributed by atoms with E-state index in [1.165, 1.54) is 9.71 Å². The van der Waals surface area contributed by atoms with Crippen LogP contribution in [0, 0.1) is 0 Å². The van der Waals surface area contributed by atoms with Crippen LogP contribution in [0.3, 0.4) is 0 Å². The van der Waals surface area contributed by atoms with Crippen molar-refractivity contribution in [2.75, 3.05) is 39.5 Å². The van der Waals surface area contributed by atoms with Gasteiger partial charge in [-0.2, -0.15) is 0 Å². The Morgan fingerprint density at radius 2 is 2.26 bits per heavy atom. The maximum atomic E-state index is 5.79. The van der Waals surface area contributed by atoms with Crippen LogP contribution in [0.4, 0.5) is 0 Å². The van der Waals surface area contributed by atoms with E-state index in [1.54, 1.807) is 11.3 Å². The van der Waals surface area contributed by atoms with Gasteiger partial charge in [-0.3, -0.25) is 4.99 Å². The fourth-order valence-corrected chi connectivity index (χ4v) is 3.97. The zero-order valence-corrected chi connectivity index (χ0v) is 16.9. The molecular weight excluding hydrogens is 360 g/mol. The van der Waals surface area contributed by atoms with Crippen molar-refractivity contribution in [2.45, 2.75) is 38.7 Å². The van der Waals surface area contributed by atoms with Crippen LogP contribution in [-0.4, -0.2) is 56.5 Å². The van der Waals surface area contributed by atoms with Crippen molar-refractivity contribution < 1.29 is 9.47 Å². The molecule has 0 spiro atoms. The lowest BCUT2D eigenvalue weighted by atomic mass is 10.3. The van der Waals surface area contributed by atoms with Crippen molar-refractivity contribution in [1.29, 1.82) is 0 Å². The molecule has 1 saturated heterocycles. The molecule has 0 radical (unpaired) electrons. The number of aliphatic imine (C=N–C) groups is 1. The molecular formula is C20H30N4O2S. The number of para-hydroxylation sites is 1. The molecule has 1 aliphatic rings. The molecule has 1 aliphatic heterocycles. The van der Waals surface area contributed by atoms with Gasteiger partial charge < -0.3 is 20.1 Å². The van der Waals surface area contributed by atoms with Gasteiger partial charge in [0.15, 0.2) is 5.96 Å². The zero-order valence-electron chi connectivity index (χ0n) is 16.1. The molecule has 1 fully saturated rings. The standard InChI is InChI=1S/C20H30N4O2S/c1-2-21-20(23-12-6-13-26-16-10-14-25-15-16)22-11-5-9-19-24-17-7-3-4-8-18(17)27-19/h3-4,7-8,16H,2,5-6,9-15H2,1H3,(H2,21,22,23). The summed E-state index contributed by atoms with van der Waals surface area (Å²) in [5, 5.41) is 7.87. The van der Waals surface area contributed by atoms with Gasteiger partial charge in [0.1, 0.15) is 0 Å². The molecule has 0 saturated carbocycles. The first-order valence-corrected chi connectivity index (χ1v) is 10.7. The van der Waals surface area contributed by atoms with Crippen molar-refractivity contribution in [3.05, 3.63) is 29.3 Å². The second kappa shape index (κ2) is 11.2. The van der Waals surface area contributed by atoms with Crippen molar-refractivity contribution in [2.24, 2.45) is 4.99 Å². The number of ether oxygens (including phenoxy) is 2. The van der Waals surface area contributed by atoms with E-state index in [-0.39, 0.29) is 6.10 Å². The fourth-order valence-electron chi connectivity index (χ4n) is 2.96. The van der Waals surface area contributed by atoms with E-state index in [2.05, 4.69) is 45.7 Å². The van der Waals surface area contributed by atoms with Crippen molar-refractivity contribution >= 4 is 27.5 Å². The van der Waals surface area contributed by atoms with Gasteiger partial charge in [0.25, 0.3) is 0 Å². The van der Waals surface area contributed by atoms with Gasteiger partial charge in [0.05, 0.1) is 27.9 Å². The average Bonchev–Trinajstić information content (AvgIpc) is 3.34. The van der Waals surface area contributed by atoms with E-state index in [0.29, 0.717) is 0 Å². The summed E-state index contributed by atoms with van der Waals surface area (Å²) in [7, 11) is 0. The van der Waals surface area contributed by atoms with E-state index >= 15 is 0 Å². The smallest absolute Gasteiger partial charge is 0.191 e. The summed E-state index contributed by atoms with van der Waals surface area (Å²) in [6, 6.07) is 8.31. The number of hydrogen-bond donors (Lipinski definition) is 2. The highest BCUT2D eigenvalue weighted by Gasteiger charge is 2.15. The monoisotopic (exact) mass is 390 g/mol. The number of thiazole rings is 1. The normalized spacial score (nSPS) is 17.5. The number of benzene rings is 1. The summed E-state index contributed by atoms with van der Waals surface area (Å²) in [5.74, 6) is 0.881. The molecule has 0 bridgehead atoms. The first kappa shape index (κ1) is 20.0. The highest BCUT2D eigenvalue weighted by atomic mass is 32.1. The van der Waals surface area contributed by atoms with Crippen molar-refractivity contribution in [1.82, 2.24) is 15.6 Å². The van der Waals surface area contributed by atoms with Gasteiger partial charge in [-0.05, 0) is 38.3 Å². The lowest BCUT2D eigenvalue weighted by Gasteiger charge is -2.12. The average molecular weight is 391 g/mol. The molecule has 27 heavy (non-hydrogen) atoms. The van der Waals surface area contributed by atoms with Gasteiger partial charge >= 0.3 is 0 Å². The summed E-state index contributed by atoms with van der Waals surface area (Å²) in [4.78, 5) is 9.35. The Morgan fingerprint density at radius 1 is 1.33 bits per heavy atom. The zero-order chi connectivity index (χ0) is 18.7. The second-order valence-corrected chi connectivity index (χ2v) is 7.69. The third-order valence-corrected chi connectivity index (χ3v) is 5.45. The minimum atomic E-state index is 0.286. The van der Waals surface area contributed by atoms with Gasteiger partial charge in [-0.15, -0.1) is 11.3 Å². The molecule has 1 unspecified atom stereocenters. The van der Waals surface area contributed by atoms with Gasteiger partial charge in [0, 0.05) is 39.3 Å². The summed E-state index contributed by atoms with van der Waals surface area (Å²) in [6.45, 7) is 6.93. The molecule has 6 nitrogen and oxygen atoms in total. The molecule has 1 aromatic heterocycles. The molecule has 148 valence electrons. The third kappa shape index (κ3) is 6.75. The fraction of sp³-hybridized carbons (Fsp3) is 0.600. The van der Waals surface area contributed by atoms with Crippen LogP contribution >= 0.6 is 11.3 Å². The topological polar surface area (TPSA) is 67.8 Å².